The van der Waals surface area contributed by atoms with Gasteiger partial charge in [-0.15, -0.1) is 0 Å². The first-order valence-electron chi connectivity index (χ1n) is 9.77. The fraction of sp³-hybridized carbons (Fsp3) is 0.700. The van der Waals surface area contributed by atoms with Crippen LogP contribution in [0.2, 0.25) is 0 Å². The van der Waals surface area contributed by atoms with E-state index in [1.54, 1.807) is 11.0 Å². The summed E-state index contributed by atoms with van der Waals surface area (Å²) in [6.45, 7) is 8.49. The number of unbranched alkanes of at least 4 members (excludes halogenated alkanes) is 3. The zero-order valence-corrected chi connectivity index (χ0v) is 17.1. The maximum Gasteiger partial charge on any atom is 0.257 e. The van der Waals surface area contributed by atoms with Crippen LogP contribution >= 0.6 is 0 Å². The van der Waals surface area contributed by atoms with Gasteiger partial charge < -0.3 is 19.5 Å². The van der Waals surface area contributed by atoms with E-state index in [4.69, 9.17) is 4.42 Å². The van der Waals surface area contributed by atoms with Crippen LogP contribution in [0.3, 0.4) is 0 Å². The lowest BCUT2D eigenvalue weighted by Gasteiger charge is -2.22. The highest BCUT2D eigenvalue weighted by Crippen LogP contribution is 2.17. The van der Waals surface area contributed by atoms with Gasteiger partial charge in [-0.05, 0) is 26.3 Å². The highest BCUT2D eigenvalue weighted by molar-refractivity contribution is 5.95. The van der Waals surface area contributed by atoms with Crippen LogP contribution in [-0.4, -0.2) is 57.0 Å². The van der Waals surface area contributed by atoms with Crippen LogP contribution in [0.25, 0.3) is 0 Å². The summed E-state index contributed by atoms with van der Waals surface area (Å²) in [7, 11) is 4.11. The molecule has 1 aromatic heterocycles. The molecule has 0 aliphatic rings. The molecule has 0 aromatic carbocycles. The Balaban J connectivity index is 2.61. The number of furan rings is 1. The van der Waals surface area contributed by atoms with Crippen LogP contribution < -0.4 is 10.2 Å². The average Bonchev–Trinajstić information content (AvgIpc) is 2.91. The Bertz CT molecular complexity index is 567. The lowest BCUT2D eigenvalue weighted by Crippen LogP contribution is -3.06. The Hall–Kier alpha value is -1.82. The molecule has 0 saturated heterocycles. The number of carbonyl (C=O) groups excluding carboxylic acids is 2. The molecule has 0 radical (unpaired) electrons. The molecule has 6 nitrogen and oxygen atoms in total. The predicted octanol–water partition coefficient (Wildman–Crippen LogP) is 1.57. The number of amides is 2. The number of likely N-dealkylation sites (N-methyl/N-ethyl adjacent to an activating group) is 1. The van der Waals surface area contributed by atoms with Crippen molar-refractivity contribution in [2.75, 3.05) is 40.3 Å². The molecule has 0 bridgehead atoms. The molecule has 1 rings (SSSR count). The third-order valence-corrected chi connectivity index (χ3v) is 4.40. The quantitative estimate of drug-likeness (QED) is 0.552. The SMILES string of the molecule is CCCCCCN(CCC(=O)NCC[NH+](C)C)C(=O)c1cc(C)oc1C. The van der Waals surface area contributed by atoms with Crippen molar-refractivity contribution < 1.29 is 18.9 Å². The topological polar surface area (TPSA) is 67.0 Å². The molecule has 2 N–H and O–H groups in total. The van der Waals surface area contributed by atoms with Gasteiger partial charge in [-0.25, -0.2) is 0 Å². The first-order valence-corrected chi connectivity index (χ1v) is 9.77. The van der Waals surface area contributed by atoms with Crippen LogP contribution in [0, 0.1) is 13.8 Å². The largest absolute Gasteiger partial charge is 0.466 e. The molecule has 148 valence electrons. The number of hydrogen-bond acceptors (Lipinski definition) is 3. The summed E-state index contributed by atoms with van der Waals surface area (Å²) >= 11 is 0. The number of hydrogen-bond donors (Lipinski definition) is 2. The molecule has 1 heterocycles. The highest BCUT2D eigenvalue weighted by atomic mass is 16.3. The van der Waals surface area contributed by atoms with Gasteiger partial charge in [0.15, 0.2) is 0 Å². The predicted molar refractivity (Wildman–Crippen MR) is 104 cm³/mol. The summed E-state index contributed by atoms with van der Waals surface area (Å²) in [5.74, 6) is 1.34. The normalized spacial score (nSPS) is 11.0. The Kier molecular flexibility index (Phi) is 10.0. The minimum atomic E-state index is -0.0404. The van der Waals surface area contributed by atoms with Crippen molar-refractivity contribution in [3.8, 4) is 0 Å². The average molecular weight is 367 g/mol. The Labute approximate surface area is 157 Å². The Morgan fingerprint density at radius 3 is 2.46 bits per heavy atom. The van der Waals surface area contributed by atoms with E-state index in [2.05, 4.69) is 26.3 Å². The lowest BCUT2D eigenvalue weighted by atomic mass is 10.1. The summed E-state index contributed by atoms with van der Waals surface area (Å²) in [6, 6.07) is 1.79. The van der Waals surface area contributed by atoms with Crippen LogP contribution in [-0.2, 0) is 4.79 Å². The van der Waals surface area contributed by atoms with Crippen LogP contribution in [0.4, 0.5) is 0 Å². The van der Waals surface area contributed by atoms with Crippen LogP contribution in [0.5, 0.6) is 0 Å². The fourth-order valence-electron chi connectivity index (χ4n) is 2.83. The Morgan fingerprint density at radius 2 is 1.88 bits per heavy atom. The van der Waals surface area contributed by atoms with Crippen molar-refractivity contribution in [2.45, 2.75) is 52.9 Å². The van der Waals surface area contributed by atoms with E-state index >= 15 is 0 Å². The van der Waals surface area contributed by atoms with Gasteiger partial charge in [-0.2, -0.15) is 0 Å². The van der Waals surface area contributed by atoms with Crippen molar-refractivity contribution in [3.05, 3.63) is 23.2 Å². The molecule has 0 fully saturated rings. The first kappa shape index (κ1) is 22.2. The van der Waals surface area contributed by atoms with E-state index in [1.165, 1.54) is 11.3 Å². The summed E-state index contributed by atoms with van der Waals surface area (Å²) in [6.07, 6.45) is 4.71. The standard InChI is InChI=1S/C20H35N3O3/c1-6-7-8-9-12-23(13-10-19(24)21-11-14-22(4)5)20(25)18-15-16(2)26-17(18)3/h15H,6-14H2,1-5H3,(H,21,24)/p+1. The fourth-order valence-corrected chi connectivity index (χ4v) is 2.83. The molecule has 0 atom stereocenters. The van der Waals surface area contributed by atoms with Gasteiger partial charge in [0.25, 0.3) is 5.91 Å². The lowest BCUT2D eigenvalue weighted by molar-refractivity contribution is -0.856. The van der Waals surface area contributed by atoms with Crippen LogP contribution in [0.1, 0.15) is 60.9 Å². The van der Waals surface area contributed by atoms with Gasteiger partial charge in [-0.1, -0.05) is 26.2 Å². The van der Waals surface area contributed by atoms with Crippen LogP contribution in [0.15, 0.2) is 10.5 Å². The second-order valence-electron chi connectivity index (χ2n) is 7.24. The molecule has 2 amide bonds. The molecule has 0 spiro atoms. The van der Waals surface area contributed by atoms with Gasteiger partial charge in [0, 0.05) is 19.5 Å². The molecular weight excluding hydrogens is 330 g/mol. The first-order chi connectivity index (χ1) is 12.3. The second-order valence-corrected chi connectivity index (χ2v) is 7.24. The van der Waals surface area contributed by atoms with Gasteiger partial charge in [0.1, 0.15) is 11.5 Å². The molecule has 0 saturated carbocycles. The van der Waals surface area contributed by atoms with E-state index in [0.29, 0.717) is 37.4 Å². The van der Waals surface area contributed by atoms with E-state index < -0.39 is 0 Å². The smallest absolute Gasteiger partial charge is 0.257 e. The number of rotatable bonds is 12. The zero-order chi connectivity index (χ0) is 19.5. The number of quaternary nitrogens is 1. The second kappa shape index (κ2) is 11.7. The summed E-state index contributed by atoms with van der Waals surface area (Å²) in [4.78, 5) is 28.0. The van der Waals surface area contributed by atoms with Gasteiger partial charge in [0.2, 0.25) is 5.91 Å². The number of aryl methyl sites for hydroxylation is 2. The van der Waals surface area contributed by atoms with Crippen molar-refractivity contribution in [1.29, 1.82) is 0 Å². The zero-order valence-electron chi connectivity index (χ0n) is 17.1. The maximum absolute atomic E-state index is 12.9. The molecule has 0 aliphatic carbocycles. The molecule has 0 aliphatic heterocycles. The molecule has 1 aromatic rings. The number of nitrogens with zero attached hydrogens (tertiary/aromatic N) is 1. The molecule has 26 heavy (non-hydrogen) atoms. The van der Waals surface area contributed by atoms with Gasteiger partial charge in [-0.3, -0.25) is 9.59 Å². The maximum atomic E-state index is 12.9. The summed E-state index contributed by atoms with van der Waals surface area (Å²) in [5, 5.41) is 2.92. The minimum Gasteiger partial charge on any atom is -0.466 e. The molecular formula is C20H36N3O3+. The number of nitrogens with one attached hydrogen (secondary N) is 2. The molecule has 0 unspecified atom stereocenters. The van der Waals surface area contributed by atoms with E-state index in [1.807, 2.05) is 13.8 Å². The third-order valence-electron chi connectivity index (χ3n) is 4.40. The Morgan fingerprint density at radius 1 is 1.15 bits per heavy atom. The molecule has 6 heteroatoms. The van der Waals surface area contributed by atoms with Gasteiger partial charge >= 0.3 is 0 Å². The van der Waals surface area contributed by atoms with E-state index in [9.17, 15) is 9.59 Å². The number of carbonyl (C=O) groups is 2. The minimum absolute atomic E-state index is 0.00213. The van der Waals surface area contributed by atoms with Gasteiger partial charge in [0.05, 0.1) is 32.7 Å². The monoisotopic (exact) mass is 366 g/mol. The van der Waals surface area contributed by atoms with E-state index in [-0.39, 0.29) is 11.8 Å². The van der Waals surface area contributed by atoms with Crippen molar-refractivity contribution in [2.24, 2.45) is 0 Å². The third kappa shape index (κ3) is 8.04. The van der Waals surface area contributed by atoms with Crippen molar-refractivity contribution in [3.63, 3.8) is 0 Å². The van der Waals surface area contributed by atoms with Crippen molar-refractivity contribution >= 4 is 11.8 Å². The highest BCUT2D eigenvalue weighted by Gasteiger charge is 2.21. The summed E-state index contributed by atoms with van der Waals surface area (Å²) < 4.78 is 5.50. The summed E-state index contributed by atoms with van der Waals surface area (Å²) in [5.41, 5.74) is 0.606. The van der Waals surface area contributed by atoms with Crippen molar-refractivity contribution in [1.82, 2.24) is 10.2 Å². The van der Waals surface area contributed by atoms with E-state index in [0.717, 1.165) is 31.6 Å².